The van der Waals surface area contributed by atoms with Crippen LogP contribution in [0.1, 0.15) is 5.56 Å². The second kappa shape index (κ2) is 5.18. The van der Waals surface area contributed by atoms with Crippen LogP contribution in [0.25, 0.3) is 0 Å². The smallest absolute Gasteiger partial charge is 0.118 e. The minimum Gasteiger partial charge on any atom is -0.508 e. The summed E-state index contributed by atoms with van der Waals surface area (Å²) in [7, 11) is 0. The average Bonchev–Trinajstić information content (AvgIpc) is 2.33. The van der Waals surface area contributed by atoms with Crippen molar-refractivity contribution in [2.24, 2.45) is 5.73 Å². The number of aromatic hydroxyl groups is 1. The highest BCUT2D eigenvalue weighted by atomic mass is 16.5. The molecule has 0 bridgehead atoms. The van der Waals surface area contributed by atoms with Gasteiger partial charge in [0.15, 0.2) is 0 Å². The van der Waals surface area contributed by atoms with Crippen molar-refractivity contribution in [2.75, 3.05) is 37.7 Å². The molecule has 0 radical (unpaired) electrons. The lowest BCUT2D eigenvalue weighted by Gasteiger charge is -2.29. The van der Waals surface area contributed by atoms with E-state index in [1.807, 2.05) is 12.1 Å². The van der Waals surface area contributed by atoms with Gasteiger partial charge in [-0.2, -0.15) is 0 Å². The molecule has 88 valence electrons. The Balaban J connectivity index is 2.17. The third-order valence-electron chi connectivity index (χ3n) is 2.85. The van der Waals surface area contributed by atoms with Gasteiger partial charge in [0.1, 0.15) is 5.75 Å². The summed E-state index contributed by atoms with van der Waals surface area (Å²) in [5.41, 5.74) is 7.58. The van der Waals surface area contributed by atoms with Crippen molar-refractivity contribution in [1.29, 1.82) is 0 Å². The quantitative estimate of drug-likeness (QED) is 0.791. The topological polar surface area (TPSA) is 58.7 Å². The Kier molecular flexibility index (Phi) is 3.64. The number of phenolic OH excluding ortho intramolecular Hbond substituents is 1. The van der Waals surface area contributed by atoms with E-state index in [4.69, 9.17) is 10.5 Å². The number of nitrogens with two attached hydrogens (primary N) is 1. The van der Waals surface area contributed by atoms with Crippen molar-refractivity contribution in [3.05, 3.63) is 23.8 Å². The Labute approximate surface area is 95.6 Å². The normalized spacial score (nSPS) is 16.4. The van der Waals surface area contributed by atoms with E-state index in [2.05, 4.69) is 4.90 Å². The maximum atomic E-state index is 9.67. The first-order valence-electron chi connectivity index (χ1n) is 5.66. The molecule has 0 unspecified atom stereocenters. The molecule has 1 heterocycles. The lowest BCUT2D eigenvalue weighted by atomic mass is 10.1. The molecule has 1 aromatic carbocycles. The Morgan fingerprint density at radius 1 is 1.31 bits per heavy atom. The lowest BCUT2D eigenvalue weighted by molar-refractivity contribution is 0.122. The van der Waals surface area contributed by atoms with Crippen LogP contribution in [-0.4, -0.2) is 38.0 Å². The molecule has 1 aliphatic rings. The van der Waals surface area contributed by atoms with Crippen LogP contribution < -0.4 is 10.6 Å². The number of phenols is 1. The minimum absolute atomic E-state index is 0.336. The summed E-state index contributed by atoms with van der Waals surface area (Å²) < 4.78 is 5.31. The Bertz CT molecular complexity index is 349. The van der Waals surface area contributed by atoms with Crippen molar-refractivity contribution in [3.8, 4) is 5.75 Å². The zero-order valence-electron chi connectivity index (χ0n) is 9.35. The molecule has 0 amide bonds. The summed E-state index contributed by atoms with van der Waals surface area (Å²) >= 11 is 0. The fourth-order valence-electron chi connectivity index (χ4n) is 1.95. The Morgan fingerprint density at radius 3 is 2.75 bits per heavy atom. The number of morpholine rings is 1. The third-order valence-corrected chi connectivity index (χ3v) is 2.85. The van der Waals surface area contributed by atoms with Crippen LogP contribution in [0.2, 0.25) is 0 Å². The van der Waals surface area contributed by atoms with Crippen molar-refractivity contribution in [3.63, 3.8) is 0 Å². The monoisotopic (exact) mass is 222 g/mol. The molecule has 1 saturated heterocycles. The average molecular weight is 222 g/mol. The molecule has 3 N–H and O–H groups in total. The van der Waals surface area contributed by atoms with E-state index in [1.54, 1.807) is 6.07 Å². The minimum atomic E-state index is 0.336. The predicted octanol–water partition coefficient (Wildman–Crippen LogP) is 0.730. The SMILES string of the molecule is NCCc1cc(N2CCOCC2)ccc1O. The van der Waals surface area contributed by atoms with E-state index >= 15 is 0 Å². The van der Waals surface area contributed by atoms with Crippen LogP contribution in [-0.2, 0) is 11.2 Å². The molecular weight excluding hydrogens is 204 g/mol. The van der Waals surface area contributed by atoms with Crippen molar-refractivity contribution < 1.29 is 9.84 Å². The van der Waals surface area contributed by atoms with E-state index in [1.165, 1.54) is 0 Å². The van der Waals surface area contributed by atoms with Crippen molar-refractivity contribution in [2.45, 2.75) is 6.42 Å². The second-order valence-corrected chi connectivity index (χ2v) is 3.95. The van der Waals surface area contributed by atoms with Gasteiger partial charge in [0.2, 0.25) is 0 Å². The van der Waals surface area contributed by atoms with Crippen LogP contribution >= 0.6 is 0 Å². The maximum Gasteiger partial charge on any atom is 0.118 e. The number of anilines is 1. The van der Waals surface area contributed by atoms with E-state index in [9.17, 15) is 5.11 Å². The molecule has 1 aliphatic heterocycles. The number of nitrogens with zero attached hydrogens (tertiary/aromatic N) is 1. The molecule has 0 saturated carbocycles. The predicted molar refractivity (Wildman–Crippen MR) is 63.9 cm³/mol. The summed E-state index contributed by atoms with van der Waals surface area (Å²) in [6.45, 7) is 3.92. The first-order valence-corrected chi connectivity index (χ1v) is 5.66. The Morgan fingerprint density at radius 2 is 2.06 bits per heavy atom. The van der Waals surface area contributed by atoms with Crippen molar-refractivity contribution in [1.82, 2.24) is 0 Å². The van der Waals surface area contributed by atoms with Crippen molar-refractivity contribution >= 4 is 5.69 Å². The summed E-state index contributed by atoms with van der Waals surface area (Å²) in [6, 6.07) is 5.71. The molecule has 2 rings (SSSR count). The van der Waals surface area contributed by atoms with Gasteiger partial charge in [-0.15, -0.1) is 0 Å². The molecule has 1 fully saturated rings. The van der Waals surface area contributed by atoms with Crippen LogP contribution in [0, 0.1) is 0 Å². The van der Waals surface area contributed by atoms with E-state index in [0.29, 0.717) is 18.7 Å². The first kappa shape index (κ1) is 11.2. The van der Waals surface area contributed by atoms with Gasteiger partial charge < -0.3 is 20.5 Å². The van der Waals surface area contributed by atoms with Gasteiger partial charge in [-0.05, 0) is 36.7 Å². The summed E-state index contributed by atoms with van der Waals surface area (Å²) in [5, 5.41) is 9.67. The number of hydrogen-bond acceptors (Lipinski definition) is 4. The van der Waals surface area contributed by atoms with Crippen LogP contribution in [0.15, 0.2) is 18.2 Å². The first-order chi connectivity index (χ1) is 7.81. The largest absolute Gasteiger partial charge is 0.508 e. The molecule has 4 heteroatoms. The van der Waals surface area contributed by atoms with Gasteiger partial charge in [-0.3, -0.25) is 0 Å². The molecule has 1 aromatic rings. The molecule has 4 nitrogen and oxygen atoms in total. The molecule has 16 heavy (non-hydrogen) atoms. The van der Waals surface area contributed by atoms with E-state index < -0.39 is 0 Å². The van der Waals surface area contributed by atoms with E-state index in [0.717, 1.165) is 37.6 Å². The third kappa shape index (κ3) is 2.46. The lowest BCUT2D eigenvalue weighted by Crippen LogP contribution is -2.36. The molecule has 0 aromatic heterocycles. The van der Waals surface area contributed by atoms with Crippen LogP contribution in [0.3, 0.4) is 0 Å². The molecule has 0 spiro atoms. The molecule has 0 atom stereocenters. The van der Waals surface area contributed by atoms with Gasteiger partial charge in [0, 0.05) is 18.8 Å². The highest BCUT2D eigenvalue weighted by Gasteiger charge is 2.12. The van der Waals surface area contributed by atoms with E-state index in [-0.39, 0.29) is 0 Å². The fraction of sp³-hybridized carbons (Fsp3) is 0.500. The number of ether oxygens (including phenoxy) is 1. The standard InChI is InChI=1S/C12H18N2O2/c13-4-3-10-9-11(1-2-12(10)15)14-5-7-16-8-6-14/h1-2,9,15H,3-8,13H2. The summed E-state index contributed by atoms with van der Waals surface area (Å²) in [4.78, 5) is 2.27. The summed E-state index contributed by atoms with van der Waals surface area (Å²) in [5.74, 6) is 0.336. The Hall–Kier alpha value is -1.26. The highest BCUT2D eigenvalue weighted by molar-refractivity contribution is 5.53. The van der Waals surface area contributed by atoms with Gasteiger partial charge in [-0.1, -0.05) is 0 Å². The highest BCUT2D eigenvalue weighted by Crippen LogP contribution is 2.24. The van der Waals surface area contributed by atoms with Gasteiger partial charge >= 0.3 is 0 Å². The second-order valence-electron chi connectivity index (χ2n) is 3.95. The number of hydrogen-bond donors (Lipinski definition) is 2. The zero-order chi connectivity index (χ0) is 11.4. The molecular formula is C12H18N2O2. The zero-order valence-corrected chi connectivity index (χ0v) is 9.35. The summed E-state index contributed by atoms with van der Waals surface area (Å²) in [6.07, 6.45) is 0.712. The van der Waals surface area contributed by atoms with Gasteiger partial charge in [-0.25, -0.2) is 0 Å². The number of rotatable bonds is 3. The maximum absolute atomic E-state index is 9.67. The fourth-order valence-corrected chi connectivity index (χ4v) is 1.95. The van der Waals surface area contributed by atoms with Gasteiger partial charge in [0.25, 0.3) is 0 Å². The van der Waals surface area contributed by atoms with Crippen LogP contribution in [0.5, 0.6) is 5.75 Å². The van der Waals surface area contributed by atoms with Crippen LogP contribution in [0.4, 0.5) is 5.69 Å². The van der Waals surface area contributed by atoms with Gasteiger partial charge in [0.05, 0.1) is 13.2 Å². The number of benzene rings is 1. The molecule has 0 aliphatic carbocycles.